The molecule has 0 amide bonds. The highest BCUT2D eigenvalue weighted by atomic mass is 16.5. The molecule has 8 heteroatoms. The maximum atomic E-state index is 10.8. The number of unbranched alkanes of at least 4 members (excludes halogenated alkanes) is 4. The fraction of sp³-hybridized carbons (Fsp3) is 0.432. The number of para-hydroxylation sites is 1. The Bertz CT molecular complexity index is 1410. The summed E-state index contributed by atoms with van der Waals surface area (Å²) in [4.78, 5) is 14.7. The Kier molecular flexibility index (Phi) is 13.3. The first-order chi connectivity index (χ1) is 22.1. The molecule has 45 heavy (non-hydrogen) atoms. The Hall–Kier alpha value is -4.33. The summed E-state index contributed by atoms with van der Waals surface area (Å²) in [7, 11) is 0. The van der Waals surface area contributed by atoms with E-state index in [0.29, 0.717) is 72.1 Å². The quantitative estimate of drug-likeness (QED) is 0.105. The second-order valence-corrected chi connectivity index (χ2v) is 10.9. The summed E-state index contributed by atoms with van der Waals surface area (Å²) in [5.74, 6) is 4.02. The summed E-state index contributed by atoms with van der Waals surface area (Å²) >= 11 is 0. The summed E-state index contributed by atoms with van der Waals surface area (Å²) in [6, 6.07) is 18.6. The normalized spacial score (nSPS) is 10.9. The minimum absolute atomic E-state index is 0.0822. The lowest BCUT2D eigenvalue weighted by Crippen LogP contribution is -2.05. The van der Waals surface area contributed by atoms with Crippen molar-refractivity contribution >= 4 is 0 Å². The smallest absolute Gasteiger partial charge is 0.167 e. The molecule has 240 valence electrons. The van der Waals surface area contributed by atoms with Crippen molar-refractivity contribution in [1.29, 1.82) is 0 Å². The fourth-order valence-corrected chi connectivity index (χ4v) is 4.51. The minimum Gasteiger partial charge on any atom is -0.507 e. The molecule has 3 aromatic carbocycles. The number of hydrogen-bond acceptors (Lipinski definition) is 8. The molecule has 0 aliphatic carbocycles. The van der Waals surface area contributed by atoms with Crippen molar-refractivity contribution in [1.82, 2.24) is 15.0 Å². The lowest BCUT2D eigenvalue weighted by Gasteiger charge is -2.16. The SMILES string of the molecule is CCCCOc1ccc(-c2nc(-c3ccccc3O)nc(-c3ccc(OCCCC)cc3OCCCC)n2)c(OCCCC)c1. The van der Waals surface area contributed by atoms with Gasteiger partial charge in [-0.3, -0.25) is 0 Å². The van der Waals surface area contributed by atoms with E-state index in [-0.39, 0.29) is 5.75 Å². The van der Waals surface area contributed by atoms with Gasteiger partial charge >= 0.3 is 0 Å². The zero-order chi connectivity index (χ0) is 31.9. The highest BCUT2D eigenvalue weighted by molar-refractivity contribution is 5.74. The minimum atomic E-state index is 0.0822. The molecule has 4 aromatic rings. The number of phenolic OH excluding ortho intramolecular Hbond substituents is 1. The predicted octanol–water partition coefficient (Wildman–Crippen LogP) is 9.29. The van der Waals surface area contributed by atoms with Crippen molar-refractivity contribution < 1.29 is 24.1 Å². The van der Waals surface area contributed by atoms with Gasteiger partial charge in [0.2, 0.25) is 0 Å². The molecule has 0 saturated carbocycles. The van der Waals surface area contributed by atoms with E-state index in [1.807, 2.05) is 42.5 Å². The first-order valence-corrected chi connectivity index (χ1v) is 16.4. The molecule has 0 aliphatic rings. The van der Waals surface area contributed by atoms with Crippen LogP contribution in [-0.2, 0) is 0 Å². The number of phenols is 1. The molecule has 8 nitrogen and oxygen atoms in total. The van der Waals surface area contributed by atoms with Crippen LogP contribution in [0.2, 0.25) is 0 Å². The summed E-state index contributed by atoms with van der Waals surface area (Å²) < 4.78 is 24.5. The van der Waals surface area contributed by atoms with Crippen molar-refractivity contribution in [3.05, 3.63) is 60.7 Å². The largest absolute Gasteiger partial charge is 0.507 e. The lowest BCUT2D eigenvalue weighted by molar-refractivity contribution is 0.294. The Balaban J connectivity index is 1.85. The van der Waals surface area contributed by atoms with Crippen LogP contribution in [0.5, 0.6) is 28.7 Å². The number of nitrogens with zero attached hydrogens (tertiary/aromatic N) is 3. The highest BCUT2D eigenvalue weighted by Gasteiger charge is 2.20. The standard InChI is InChI=1S/C37H47N3O5/c1-5-9-21-42-27-17-19-30(33(25-27)44-23-11-7-3)36-38-35(29-15-13-14-16-32(29)41)39-37(40-36)31-20-18-28(43-22-10-6-2)26-34(31)45-24-12-8-4/h13-20,25-26,41H,5-12,21-24H2,1-4H3. The molecule has 1 aromatic heterocycles. The third-order valence-electron chi connectivity index (χ3n) is 7.21. The molecule has 0 unspecified atom stereocenters. The number of aromatic hydroxyl groups is 1. The topological polar surface area (TPSA) is 95.8 Å². The maximum Gasteiger partial charge on any atom is 0.167 e. The van der Waals surface area contributed by atoms with Crippen LogP contribution in [0.4, 0.5) is 0 Å². The van der Waals surface area contributed by atoms with Gasteiger partial charge in [-0.05, 0) is 62.1 Å². The Morgan fingerprint density at radius 3 is 1.31 bits per heavy atom. The predicted molar refractivity (Wildman–Crippen MR) is 179 cm³/mol. The molecule has 1 N–H and O–H groups in total. The molecule has 0 bridgehead atoms. The Morgan fingerprint density at radius 1 is 0.489 bits per heavy atom. The lowest BCUT2D eigenvalue weighted by atomic mass is 10.1. The van der Waals surface area contributed by atoms with E-state index in [1.54, 1.807) is 18.2 Å². The van der Waals surface area contributed by atoms with Gasteiger partial charge in [0.05, 0.1) is 43.1 Å². The highest BCUT2D eigenvalue weighted by Crippen LogP contribution is 2.38. The number of benzene rings is 3. The molecule has 0 fully saturated rings. The van der Waals surface area contributed by atoms with Crippen molar-refractivity contribution in [3.63, 3.8) is 0 Å². The number of hydrogen-bond donors (Lipinski definition) is 1. The van der Waals surface area contributed by atoms with Crippen LogP contribution in [0.15, 0.2) is 60.7 Å². The van der Waals surface area contributed by atoms with Crippen molar-refractivity contribution in [3.8, 4) is 62.9 Å². The number of aromatic nitrogens is 3. The zero-order valence-corrected chi connectivity index (χ0v) is 27.2. The molecular formula is C37H47N3O5. The fourth-order valence-electron chi connectivity index (χ4n) is 4.51. The van der Waals surface area contributed by atoms with Gasteiger partial charge in [-0.25, -0.2) is 15.0 Å². The molecule has 0 aliphatic heterocycles. The third kappa shape index (κ3) is 9.58. The maximum absolute atomic E-state index is 10.8. The van der Waals surface area contributed by atoms with E-state index in [0.717, 1.165) is 62.9 Å². The van der Waals surface area contributed by atoms with Gasteiger partial charge in [0.15, 0.2) is 17.5 Å². The average Bonchev–Trinajstić information content (AvgIpc) is 3.05. The van der Waals surface area contributed by atoms with Gasteiger partial charge in [-0.15, -0.1) is 0 Å². The van der Waals surface area contributed by atoms with Crippen LogP contribution < -0.4 is 18.9 Å². The van der Waals surface area contributed by atoms with E-state index in [4.69, 9.17) is 33.9 Å². The second kappa shape index (κ2) is 17.8. The van der Waals surface area contributed by atoms with Crippen LogP contribution in [-0.4, -0.2) is 46.5 Å². The summed E-state index contributed by atoms with van der Waals surface area (Å²) in [5, 5.41) is 10.8. The van der Waals surface area contributed by atoms with Crippen LogP contribution in [0.1, 0.15) is 79.1 Å². The van der Waals surface area contributed by atoms with Crippen LogP contribution >= 0.6 is 0 Å². The third-order valence-corrected chi connectivity index (χ3v) is 7.21. The van der Waals surface area contributed by atoms with E-state index in [1.165, 1.54) is 0 Å². The van der Waals surface area contributed by atoms with Crippen LogP contribution in [0.25, 0.3) is 34.2 Å². The summed E-state index contributed by atoms with van der Waals surface area (Å²) in [6.07, 6.45) is 7.89. The van der Waals surface area contributed by atoms with Crippen LogP contribution in [0, 0.1) is 0 Å². The van der Waals surface area contributed by atoms with E-state index in [9.17, 15) is 5.11 Å². The monoisotopic (exact) mass is 613 g/mol. The molecule has 0 radical (unpaired) electrons. The Morgan fingerprint density at radius 2 is 0.889 bits per heavy atom. The Labute approximate surface area is 267 Å². The van der Waals surface area contributed by atoms with Crippen molar-refractivity contribution in [2.24, 2.45) is 0 Å². The average molecular weight is 614 g/mol. The van der Waals surface area contributed by atoms with Gasteiger partial charge in [0.25, 0.3) is 0 Å². The molecule has 1 heterocycles. The van der Waals surface area contributed by atoms with E-state index < -0.39 is 0 Å². The van der Waals surface area contributed by atoms with Gasteiger partial charge in [-0.1, -0.05) is 65.5 Å². The second-order valence-electron chi connectivity index (χ2n) is 10.9. The van der Waals surface area contributed by atoms with Gasteiger partial charge in [0.1, 0.15) is 28.7 Å². The summed E-state index contributed by atoms with van der Waals surface area (Å²) in [6.45, 7) is 10.9. The van der Waals surface area contributed by atoms with Gasteiger partial charge in [0, 0.05) is 12.1 Å². The zero-order valence-electron chi connectivity index (χ0n) is 27.2. The van der Waals surface area contributed by atoms with Gasteiger partial charge in [-0.2, -0.15) is 0 Å². The number of ether oxygens (including phenoxy) is 4. The first-order valence-electron chi connectivity index (χ1n) is 16.4. The van der Waals surface area contributed by atoms with E-state index in [2.05, 4.69) is 27.7 Å². The van der Waals surface area contributed by atoms with Crippen molar-refractivity contribution in [2.45, 2.75) is 79.1 Å². The molecule has 0 saturated heterocycles. The molecule has 0 spiro atoms. The molecule has 0 atom stereocenters. The van der Waals surface area contributed by atoms with Crippen LogP contribution in [0.3, 0.4) is 0 Å². The van der Waals surface area contributed by atoms with Gasteiger partial charge < -0.3 is 24.1 Å². The number of rotatable bonds is 19. The first kappa shape index (κ1) is 33.6. The molecule has 4 rings (SSSR count). The molecular weight excluding hydrogens is 566 g/mol. The van der Waals surface area contributed by atoms with E-state index >= 15 is 0 Å². The summed E-state index contributed by atoms with van der Waals surface area (Å²) in [5.41, 5.74) is 1.92. The van der Waals surface area contributed by atoms with Crippen molar-refractivity contribution in [2.75, 3.05) is 26.4 Å².